The molecule has 0 spiro atoms. The fraction of sp³-hybridized carbons (Fsp3) is 1.00. The first-order chi connectivity index (χ1) is 6.63. The van der Waals surface area contributed by atoms with Crippen LogP contribution in [0.1, 0.15) is 33.6 Å². The van der Waals surface area contributed by atoms with Crippen molar-refractivity contribution < 1.29 is 9.47 Å². The number of hydrogen-bond acceptors (Lipinski definition) is 3. The van der Waals surface area contributed by atoms with Crippen molar-refractivity contribution in [1.82, 2.24) is 0 Å². The van der Waals surface area contributed by atoms with Crippen LogP contribution in [0, 0.1) is 5.92 Å². The minimum atomic E-state index is -0.123. The Morgan fingerprint density at radius 3 is 2.79 bits per heavy atom. The predicted octanol–water partition coefficient (Wildman–Crippen LogP) is 1.56. The zero-order chi connectivity index (χ0) is 10.6. The Morgan fingerprint density at radius 2 is 2.29 bits per heavy atom. The van der Waals surface area contributed by atoms with Gasteiger partial charge in [0, 0.05) is 32.6 Å². The molecular formula is C11H23NO2. The van der Waals surface area contributed by atoms with Gasteiger partial charge in [0.1, 0.15) is 0 Å². The standard InChI is InChI=1S/C11H23NO2/c1-4-14-11(8-12)5-6-13-10(7-11)9(2)3/h9-10H,4-8,12H2,1-3H3. The molecule has 1 rings (SSSR count). The molecule has 0 aliphatic carbocycles. The lowest BCUT2D eigenvalue weighted by molar-refractivity contribution is -0.140. The average molecular weight is 201 g/mol. The maximum Gasteiger partial charge on any atom is 0.0850 e. The Morgan fingerprint density at radius 1 is 1.57 bits per heavy atom. The third-order valence-corrected chi connectivity index (χ3v) is 3.03. The molecule has 3 heteroatoms. The summed E-state index contributed by atoms with van der Waals surface area (Å²) in [6.07, 6.45) is 2.18. The van der Waals surface area contributed by atoms with E-state index in [9.17, 15) is 0 Å². The van der Waals surface area contributed by atoms with Crippen molar-refractivity contribution in [3.05, 3.63) is 0 Å². The lowest BCUT2D eigenvalue weighted by Crippen LogP contribution is -2.49. The highest BCUT2D eigenvalue weighted by Crippen LogP contribution is 2.30. The summed E-state index contributed by atoms with van der Waals surface area (Å²) in [5.74, 6) is 0.543. The third kappa shape index (κ3) is 2.69. The zero-order valence-electron chi connectivity index (χ0n) is 9.58. The second-order valence-electron chi connectivity index (χ2n) is 4.43. The van der Waals surface area contributed by atoms with E-state index >= 15 is 0 Å². The molecule has 2 unspecified atom stereocenters. The molecular weight excluding hydrogens is 178 g/mol. The fourth-order valence-corrected chi connectivity index (χ4v) is 2.03. The molecule has 14 heavy (non-hydrogen) atoms. The van der Waals surface area contributed by atoms with Crippen LogP contribution in [0.3, 0.4) is 0 Å². The summed E-state index contributed by atoms with van der Waals surface area (Å²) >= 11 is 0. The minimum absolute atomic E-state index is 0.123. The predicted molar refractivity (Wildman–Crippen MR) is 57.2 cm³/mol. The van der Waals surface area contributed by atoms with Crippen LogP contribution in [-0.2, 0) is 9.47 Å². The van der Waals surface area contributed by atoms with Crippen molar-refractivity contribution >= 4 is 0 Å². The van der Waals surface area contributed by atoms with Gasteiger partial charge in [0.05, 0.1) is 11.7 Å². The summed E-state index contributed by atoms with van der Waals surface area (Å²) in [5.41, 5.74) is 5.68. The van der Waals surface area contributed by atoms with Crippen LogP contribution in [0.25, 0.3) is 0 Å². The van der Waals surface area contributed by atoms with Crippen molar-refractivity contribution in [3.8, 4) is 0 Å². The maximum absolute atomic E-state index is 5.81. The first kappa shape index (κ1) is 12.0. The van der Waals surface area contributed by atoms with Gasteiger partial charge in [0.25, 0.3) is 0 Å². The second-order valence-corrected chi connectivity index (χ2v) is 4.43. The van der Waals surface area contributed by atoms with Crippen LogP contribution in [0.15, 0.2) is 0 Å². The molecule has 84 valence electrons. The molecule has 1 saturated heterocycles. The van der Waals surface area contributed by atoms with E-state index in [-0.39, 0.29) is 5.60 Å². The van der Waals surface area contributed by atoms with E-state index in [2.05, 4.69) is 13.8 Å². The lowest BCUT2D eigenvalue weighted by Gasteiger charge is -2.41. The highest BCUT2D eigenvalue weighted by Gasteiger charge is 2.37. The van der Waals surface area contributed by atoms with E-state index in [0.717, 1.165) is 26.1 Å². The fourth-order valence-electron chi connectivity index (χ4n) is 2.03. The van der Waals surface area contributed by atoms with Crippen molar-refractivity contribution in [2.45, 2.75) is 45.3 Å². The summed E-state index contributed by atoms with van der Waals surface area (Å²) < 4.78 is 11.5. The van der Waals surface area contributed by atoms with Crippen molar-refractivity contribution in [2.75, 3.05) is 19.8 Å². The van der Waals surface area contributed by atoms with Gasteiger partial charge in [-0.2, -0.15) is 0 Å². The largest absolute Gasteiger partial charge is 0.378 e. The van der Waals surface area contributed by atoms with E-state index in [1.165, 1.54) is 0 Å². The molecule has 2 atom stereocenters. The summed E-state index contributed by atoms with van der Waals surface area (Å²) in [7, 11) is 0. The molecule has 1 fully saturated rings. The Bertz CT molecular complexity index is 169. The van der Waals surface area contributed by atoms with Crippen LogP contribution in [0.2, 0.25) is 0 Å². The number of rotatable bonds is 4. The van der Waals surface area contributed by atoms with Crippen LogP contribution >= 0.6 is 0 Å². The zero-order valence-corrected chi connectivity index (χ0v) is 9.58. The van der Waals surface area contributed by atoms with Gasteiger partial charge in [-0.3, -0.25) is 0 Å². The third-order valence-electron chi connectivity index (χ3n) is 3.03. The summed E-state index contributed by atoms with van der Waals surface area (Å²) in [6.45, 7) is 8.51. The van der Waals surface area contributed by atoms with Crippen LogP contribution in [-0.4, -0.2) is 31.5 Å². The highest BCUT2D eigenvalue weighted by atomic mass is 16.5. The Kier molecular flexibility index (Phi) is 4.35. The van der Waals surface area contributed by atoms with E-state index in [4.69, 9.17) is 15.2 Å². The van der Waals surface area contributed by atoms with Crippen LogP contribution in [0.5, 0.6) is 0 Å². The molecule has 0 radical (unpaired) electrons. The summed E-state index contributed by atoms with van der Waals surface area (Å²) in [5, 5.41) is 0. The van der Waals surface area contributed by atoms with Gasteiger partial charge in [-0.15, -0.1) is 0 Å². The van der Waals surface area contributed by atoms with Gasteiger partial charge in [-0.1, -0.05) is 13.8 Å². The smallest absolute Gasteiger partial charge is 0.0850 e. The van der Waals surface area contributed by atoms with E-state index in [0.29, 0.717) is 18.6 Å². The molecule has 0 amide bonds. The van der Waals surface area contributed by atoms with Crippen LogP contribution in [0.4, 0.5) is 0 Å². The summed E-state index contributed by atoms with van der Waals surface area (Å²) in [6, 6.07) is 0. The average Bonchev–Trinajstić information content (AvgIpc) is 2.18. The van der Waals surface area contributed by atoms with Gasteiger partial charge >= 0.3 is 0 Å². The van der Waals surface area contributed by atoms with Gasteiger partial charge < -0.3 is 15.2 Å². The molecule has 0 aromatic heterocycles. The Labute approximate surface area is 86.9 Å². The Balaban J connectivity index is 2.59. The number of ether oxygens (including phenoxy) is 2. The van der Waals surface area contributed by atoms with Gasteiger partial charge in [0.15, 0.2) is 0 Å². The molecule has 1 aliphatic rings. The molecule has 0 saturated carbocycles. The SMILES string of the molecule is CCOC1(CN)CCOC(C(C)C)C1. The molecule has 1 aliphatic heterocycles. The van der Waals surface area contributed by atoms with Gasteiger partial charge in [0.2, 0.25) is 0 Å². The minimum Gasteiger partial charge on any atom is -0.378 e. The van der Waals surface area contributed by atoms with E-state index in [1.54, 1.807) is 0 Å². The topological polar surface area (TPSA) is 44.5 Å². The maximum atomic E-state index is 5.81. The van der Waals surface area contributed by atoms with Crippen LogP contribution < -0.4 is 5.73 Å². The molecule has 0 aromatic rings. The van der Waals surface area contributed by atoms with Gasteiger partial charge in [-0.05, 0) is 12.8 Å². The van der Waals surface area contributed by atoms with Crippen molar-refractivity contribution in [2.24, 2.45) is 11.7 Å². The normalized spacial score (nSPS) is 33.6. The first-order valence-corrected chi connectivity index (χ1v) is 5.59. The second kappa shape index (κ2) is 5.10. The molecule has 2 N–H and O–H groups in total. The molecule has 1 heterocycles. The van der Waals surface area contributed by atoms with E-state index < -0.39 is 0 Å². The van der Waals surface area contributed by atoms with E-state index in [1.807, 2.05) is 6.92 Å². The quantitative estimate of drug-likeness (QED) is 0.750. The first-order valence-electron chi connectivity index (χ1n) is 5.59. The Hall–Kier alpha value is -0.120. The van der Waals surface area contributed by atoms with Crippen molar-refractivity contribution in [1.29, 1.82) is 0 Å². The number of nitrogens with two attached hydrogens (primary N) is 1. The molecule has 0 aromatic carbocycles. The molecule has 0 bridgehead atoms. The molecule has 3 nitrogen and oxygen atoms in total. The summed E-state index contributed by atoms with van der Waals surface area (Å²) in [4.78, 5) is 0. The highest BCUT2D eigenvalue weighted by molar-refractivity contribution is 4.89. The monoisotopic (exact) mass is 201 g/mol. The lowest BCUT2D eigenvalue weighted by atomic mass is 9.86. The van der Waals surface area contributed by atoms with Gasteiger partial charge in [-0.25, -0.2) is 0 Å². The van der Waals surface area contributed by atoms with Crippen molar-refractivity contribution in [3.63, 3.8) is 0 Å². The number of hydrogen-bond donors (Lipinski definition) is 1.